The van der Waals surface area contributed by atoms with Crippen LogP contribution in [0.5, 0.6) is 0 Å². The Hall–Kier alpha value is -2.13. The van der Waals surface area contributed by atoms with Crippen LogP contribution in [-0.4, -0.2) is 10.8 Å². The average molecular weight is 339 g/mol. The molecule has 0 N–H and O–H groups in total. The molecule has 3 rings (SSSR count). The first kappa shape index (κ1) is 13.8. The van der Waals surface area contributed by atoms with Crippen molar-refractivity contribution in [2.75, 3.05) is 0 Å². The van der Waals surface area contributed by atoms with Gasteiger partial charge in [0.1, 0.15) is 0 Å². The van der Waals surface area contributed by atoms with Gasteiger partial charge in [0.25, 0.3) is 0 Å². The Labute approximate surface area is 132 Å². The molecule has 0 saturated heterocycles. The summed E-state index contributed by atoms with van der Waals surface area (Å²) in [6.45, 7) is 2.08. The summed E-state index contributed by atoms with van der Waals surface area (Å²) in [7, 11) is 0. The second-order valence-corrected chi connectivity index (χ2v) is 5.79. The fourth-order valence-corrected chi connectivity index (χ4v) is 2.52. The second kappa shape index (κ2) is 6.10. The smallest absolute Gasteiger partial charge is 0.0639 e. The Morgan fingerprint density at radius 1 is 1.00 bits per heavy atom. The molecule has 3 aromatic rings. The number of aliphatic imine (C=N–C) groups is 1. The summed E-state index contributed by atoms with van der Waals surface area (Å²) in [5.74, 6) is 0. The molecule has 0 aliphatic carbocycles. The van der Waals surface area contributed by atoms with Gasteiger partial charge >= 0.3 is 0 Å². The van der Waals surface area contributed by atoms with Gasteiger partial charge in [-0.1, -0.05) is 39.7 Å². The molecular weight excluding hydrogens is 324 g/mol. The fraction of sp³-hybridized carbons (Fsp3) is 0.0556. The van der Waals surface area contributed by atoms with Crippen LogP contribution < -0.4 is 0 Å². The third-order valence-corrected chi connectivity index (χ3v) is 3.74. The number of rotatable bonds is 3. The number of aryl methyl sites for hydroxylation is 1. The molecular formula is C18H15BrN2. The molecule has 3 heteroatoms. The van der Waals surface area contributed by atoms with E-state index in [0.717, 1.165) is 21.5 Å². The normalized spacial score (nSPS) is 11.1. The van der Waals surface area contributed by atoms with Crippen LogP contribution in [0.3, 0.4) is 0 Å². The van der Waals surface area contributed by atoms with Gasteiger partial charge in [0.2, 0.25) is 0 Å². The highest BCUT2D eigenvalue weighted by Gasteiger charge is 2.01. The monoisotopic (exact) mass is 338 g/mol. The van der Waals surface area contributed by atoms with Crippen LogP contribution in [0.1, 0.15) is 11.3 Å². The summed E-state index contributed by atoms with van der Waals surface area (Å²) >= 11 is 3.51. The van der Waals surface area contributed by atoms with Crippen LogP contribution >= 0.6 is 15.9 Å². The molecule has 0 bridgehead atoms. The maximum atomic E-state index is 4.54. The average Bonchev–Trinajstić information content (AvgIpc) is 2.95. The molecule has 21 heavy (non-hydrogen) atoms. The fourth-order valence-electron chi connectivity index (χ4n) is 2.13. The first-order valence-electron chi connectivity index (χ1n) is 6.76. The van der Waals surface area contributed by atoms with Gasteiger partial charge in [-0.05, 0) is 49.4 Å². The molecule has 0 aliphatic rings. The molecule has 0 spiro atoms. The Morgan fingerprint density at radius 3 is 2.57 bits per heavy atom. The van der Waals surface area contributed by atoms with Crippen molar-refractivity contribution in [2.45, 2.75) is 6.92 Å². The van der Waals surface area contributed by atoms with Crippen molar-refractivity contribution in [3.8, 4) is 5.69 Å². The minimum absolute atomic E-state index is 0.961. The van der Waals surface area contributed by atoms with E-state index in [1.54, 1.807) is 0 Å². The van der Waals surface area contributed by atoms with Gasteiger partial charge < -0.3 is 4.57 Å². The number of hydrogen-bond acceptors (Lipinski definition) is 1. The van der Waals surface area contributed by atoms with Gasteiger partial charge in [-0.2, -0.15) is 0 Å². The van der Waals surface area contributed by atoms with Crippen LogP contribution in [0.25, 0.3) is 5.69 Å². The zero-order chi connectivity index (χ0) is 14.7. The summed E-state index contributed by atoms with van der Waals surface area (Å²) in [5.41, 5.74) is 4.36. The topological polar surface area (TPSA) is 17.3 Å². The third kappa shape index (κ3) is 3.31. The van der Waals surface area contributed by atoms with E-state index in [0.29, 0.717) is 0 Å². The van der Waals surface area contributed by atoms with Crippen molar-refractivity contribution < 1.29 is 0 Å². The quantitative estimate of drug-likeness (QED) is 0.576. The number of benzene rings is 2. The molecule has 1 aromatic heterocycles. The van der Waals surface area contributed by atoms with Gasteiger partial charge in [0, 0.05) is 16.4 Å². The van der Waals surface area contributed by atoms with Gasteiger partial charge in [0.05, 0.1) is 17.6 Å². The highest BCUT2D eigenvalue weighted by atomic mass is 79.9. The maximum absolute atomic E-state index is 4.54. The summed E-state index contributed by atoms with van der Waals surface area (Å²) < 4.78 is 3.18. The minimum Gasteiger partial charge on any atom is -0.316 e. The van der Waals surface area contributed by atoms with E-state index in [1.807, 2.05) is 42.7 Å². The first-order chi connectivity index (χ1) is 10.2. The lowest BCUT2D eigenvalue weighted by atomic mass is 10.2. The molecule has 2 aromatic carbocycles. The number of hydrogen-bond donors (Lipinski definition) is 0. The van der Waals surface area contributed by atoms with E-state index in [-0.39, 0.29) is 0 Å². The van der Waals surface area contributed by atoms with Crippen molar-refractivity contribution in [1.29, 1.82) is 0 Å². The van der Waals surface area contributed by atoms with Crippen molar-refractivity contribution in [3.05, 3.63) is 82.6 Å². The van der Waals surface area contributed by atoms with E-state index in [2.05, 4.69) is 62.7 Å². The van der Waals surface area contributed by atoms with E-state index >= 15 is 0 Å². The van der Waals surface area contributed by atoms with Crippen molar-refractivity contribution in [2.24, 2.45) is 4.99 Å². The summed E-state index contributed by atoms with van der Waals surface area (Å²) in [4.78, 5) is 4.54. The van der Waals surface area contributed by atoms with Crippen LogP contribution in [-0.2, 0) is 0 Å². The van der Waals surface area contributed by atoms with E-state index in [9.17, 15) is 0 Å². The molecule has 0 saturated carbocycles. The predicted molar refractivity (Wildman–Crippen MR) is 91.9 cm³/mol. The largest absolute Gasteiger partial charge is 0.316 e. The molecule has 0 atom stereocenters. The Balaban J connectivity index is 1.91. The minimum atomic E-state index is 0.961. The van der Waals surface area contributed by atoms with Gasteiger partial charge in [-0.15, -0.1) is 0 Å². The van der Waals surface area contributed by atoms with Gasteiger partial charge in [-0.3, -0.25) is 4.99 Å². The predicted octanol–water partition coefficient (Wildman–Crippen LogP) is 5.30. The standard InChI is InChI=1S/C18H15BrN2/c1-14-7-9-16(10-8-14)20-13-18-6-3-11-21(18)17-5-2-4-15(19)12-17/h2-13H,1H3. The van der Waals surface area contributed by atoms with Crippen LogP contribution in [0.15, 0.2) is 76.3 Å². The van der Waals surface area contributed by atoms with Crippen molar-refractivity contribution in [1.82, 2.24) is 4.57 Å². The van der Waals surface area contributed by atoms with Crippen molar-refractivity contribution in [3.63, 3.8) is 0 Å². The highest BCUT2D eigenvalue weighted by molar-refractivity contribution is 9.10. The number of halogens is 1. The van der Waals surface area contributed by atoms with Crippen LogP contribution in [0.2, 0.25) is 0 Å². The zero-order valence-electron chi connectivity index (χ0n) is 11.7. The van der Waals surface area contributed by atoms with Gasteiger partial charge in [0.15, 0.2) is 0 Å². The van der Waals surface area contributed by atoms with E-state index < -0.39 is 0 Å². The molecule has 1 heterocycles. The van der Waals surface area contributed by atoms with Crippen LogP contribution in [0.4, 0.5) is 5.69 Å². The SMILES string of the molecule is Cc1ccc(N=Cc2cccn2-c2cccc(Br)c2)cc1. The van der Waals surface area contributed by atoms with E-state index in [1.165, 1.54) is 5.56 Å². The molecule has 0 fully saturated rings. The van der Waals surface area contributed by atoms with Crippen molar-refractivity contribution >= 4 is 27.8 Å². The lowest BCUT2D eigenvalue weighted by Gasteiger charge is -2.06. The number of aromatic nitrogens is 1. The summed E-state index contributed by atoms with van der Waals surface area (Å²) in [5, 5.41) is 0. The molecule has 0 amide bonds. The Kier molecular flexibility index (Phi) is 4.02. The highest BCUT2D eigenvalue weighted by Crippen LogP contribution is 2.18. The molecule has 0 unspecified atom stereocenters. The summed E-state index contributed by atoms with van der Waals surface area (Å²) in [6, 6.07) is 20.5. The lowest BCUT2D eigenvalue weighted by molar-refractivity contribution is 1.07. The van der Waals surface area contributed by atoms with E-state index in [4.69, 9.17) is 0 Å². The zero-order valence-corrected chi connectivity index (χ0v) is 13.3. The van der Waals surface area contributed by atoms with Crippen LogP contribution in [0, 0.1) is 6.92 Å². The second-order valence-electron chi connectivity index (χ2n) is 4.88. The third-order valence-electron chi connectivity index (χ3n) is 3.25. The Bertz CT molecular complexity index is 770. The number of nitrogens with zero attached hydrogens (tertiary/aromatic N) is 2. The molecule has 104 valence electrons. The Morgan fingerprint density at radius 2 is 1.81 bits per heavy atom. The molecule has 2 nitrogen and oxygen atoms in total. The first-order valence-corrected chi connectivity index (χ1v) is 7.56. The lowest BCUT2D eigenvalue weighted by Crippen LogP contribution is -1.97. The van der Waals surface area contributed by atoms with Gasteiger partial charge in [-0.25, -0.2) is 0 Å². The maximum Gasteiger partial charge on any atom is 0.0639 e. The molecule has 0 aliphatic heterocycles. The summed E-state index contributed by atoms with van der Waals surface area (Å²) in [6.07, 6.45) is 3.93. The molecule has 0 radical (unpaired) electrons.